The minimum atomic E-state index is -0.486. The van der Waals surface area contributed by atoms with Gasteiger partial charge in [0.05, 0.1) is 12.3 Å². The Morgan fingerprint density at radius 3 is 2.88 bits per heavy atom. The van der Waals surface area contributed by atoms with E-state index in [1.54, 1.807) is 0 Å². The molecular formula is C18H20Cl2N2O3. The SMILES string of the molecule is Cl.O=C(Nc1ccccc1OCc1cccc(Cl)c1)C1CNCCO1. The summed E-state index contributed by atoms with van der Waals surface area (Å²) < 4.78 is 11.3. The first kappa shape index (κ1) is 19.5. The van der Waals surface area contributed by atoms with Crippen LogP contribution in [0.5, 0.6) is 5.75 Å². The summed E-state index contributed by atoms with van der Waals surface area (Å²) in [5.41, 5.74) is 1.59. The number of anilines is 1. The Morgan fingerprint density at radius 2 is 2.12 bits per heavy atom. The van der Waals surface area contributed by atoms with Crippen molar-refractivity contribution < 1.29 is 14.3 Å². The zero-order valence-electron chi connectivity index (χ0n) is 13.5. The zero-order valence-corrected chi connectivity index (χ0v) is 15.1. The van der Waals surface area contributed by atoms with E-state index >= 15 is 0 Å². The highest BCUT2D eigenvalue weighted by atomic mass is 35.5. The van der Waals surface area contributed by atoms with E-state index in [9.17, 15) is 4.79 Å². The van der Waals surface area contributed by atoms with Gasteiger partial charge in [0.2, 0.25) is 0 Å². The highest BCUT2D eigenvalue weighted by Crippen LogP contribution is 2.25. The third-order valence-electron chi connectivity index (χ3n) is 3.65. The molecule has 3 rings (SSSR count). The van der Waals surface area contributed by atoms with Crippen molar-refractivity contribution in [1.29, 1.82) is 0 Å². The van der Waals surface area contributed by atoms with Crippen LogP contribution < -0.4 is 15.4 Å². The lowest BCUT2D eigenvalue weighted by atomic mass is 10.2. The molecule has 134 valence electrons. The van der Waals surface area contributed by atoms with Crippen molar-refractivity contribution in [3.05, 3.63) is 59.1 Å². The highest BCUT2D eigenvalue weighted by molar-refractivity contribution is 6.30. The number of halogens is 2. The van der Waals surface area contributed by atoms with Crippen molar-refractivity contribution in [2.75, 3.05) is 25.0 Å². The second-order valence-corrected chi connectivity index (χ2v) is 5.90. The summed E-state index contributed by atoms with van der Waals surface area (Å²) in [4.78, 5) is 12.3. The molecule has 0 aliphatic carbocycles. The van der Waals surface area contributed by atoms with Crippen LogP contribution in [0.25, 0.3) is 0 Å². The monoisotopic (exact) mass is 382 g/mol. The third-order valence-corrected chi connectivity index (χ3v) is 3.88. The number of rotatable bonds is 5. The van der Waals surface area contributed by atoms with Crippen LogP contribution in [0, 0.1) is 0 Å². The number of ether oxygens (including phenoxy) is 2. The number of benzene rings is 2. The van der Waals surface area contributed by atoms with Gasteiger partial charge >= 0.3 is 0 Å². The molecule has 1 fully saturated rings. The van der Waals surface area contributed by atoms with Crippen molar-refractivity contribution >= 4 is 35.6 Å². The lowest BCUT2D eigenvalue weighted by molar-refractivity contribution is -0.128. The van der Waals surface area contributed by atoms with Gasteiger partial charge in [0.25, 0.3) is 5.91 Å². The maximum atomic E-state index is 12.3. The topological polar surface area (TPSA) is 59.6 Å². The van der Waals surface area contributed by atoms with Crippen molar-refractivity contribution in [1.82, 2.24) is 5.32 Å². The molecule has 0 bridgehead atoms. The second kappa shape index (κ2) is 9.63. The summed E-state index contributed by atoms with van der Waals surface area (Å²) in [7, 11) is 0. The van der Waals surface area contributed by atoms with Gasteiger partial charge in [0.15, 0.2) is 0 Å². The van der Waals surface area contributed by atoms with E-state index in [-0.39, 0.29) is 18.3 Å². The maximum Gasteiger partial charge on any atom is 0.254 e. The number of amides is 1. The van der Waals surface area contributed by atoms with Gasteiger partial charge in [-0.1, -0.05) is 35.9 Å². The standard InChI is InChI=1S/C18H19ClN2O3.ClH/c19-14-5-3-4-13(10-14)12-24-16-7-2-1-6-15(16)21-18(22)17-11-20-8-9-23-17;/h1-7,10,17,20H,8-9,11-12H2,(H,21,22);1H. The zero-order chi connectivity index (χ0) is 16.8. The Labute approximate surface area is 158 Å². The molecule has 7 heteroatoms. The molecule has 1 saturated heterocycles. The molecular weight excluding hydrogens is 363 g/mol. The lowest BCUT2D eigenvalue weighted by Gasteiger charge is -2.23. The minimum absolute atomic E-state index is 0. The Balaban J connectivity index is 0.00000225. The van der Waals surface area contributed by atoms with E-state index in [0.717, 1.165) is 12.1 Å². The van der Waals surface area contributed by atoms with Crippen molar-refractivity contribution in [2.24, 2.45) is 0 Å². The van der Waals surface area contributed by atoms with Gasteiger partial charge in [-0.25, -0.2) is 0 Å². The molecule has 2 aromatic carbocycles. The van der Waals surface area contributed by atoms with Gasteiger partial charge in [-0.3, -0.25) is 4.79 Å². The number of hydrogen-bond acceptors (Lipinski definition) is 4. The largest absolute Gasteiger partial charge is 0.487 e. The molecule has 2 N–H and O–H groups in total. The number of carbonyl (C=O) groups excluding carboxylic acids is 1. The first-order valence-corrected chi connectivity index (χ1v) is 8.19. The Hall–Kier alpha value is -1.79. The molecule has 1 heterocycles. The predicted molar refractivity (Wildman–Crippen MR) is 101 cm³/mol. The number of hydrogen-bond donors (Lipinski definition) is 2. The van der Waals surface area contributed by atoms with Gasteiger partial charge in [-0.2, -0.15) is 0 Å². The van der Waals surface area contributed by atoms with Crippen LogP contribution in [-0.2, 0) is 16.1 Å². The molecule has 0 radical (unpaired) electrons. The van der Waals surface area contributed by atoms with Crippen LogP contribution in [0.15, 0.2) is 48.5 Å². The lowest BCUT2D eigenvalue weighted by Crippen LogP contribution is -2.45. The van der Waals surface area contributed by atoms with E-state index in [1.165, 1.54) is 0 Å². The first-order valence-electron chi connectivity index (χ1n) is 7.82. The smallest absolute Gasteiger partial charge is 0.254 e. The van der Waals surface area contributed by atoms with E-state index < -0.39 is 6.10 Å². The fraction of sp³-hybridized carbons (Fsp3) is 0.278. The molecule has 2 aromatic rings. The van der Waals surface area contributed by atoms with E-state index in [2.05, 4.69) is 10.6 Å². The molecule has 0 spiro atoms. The third kappa shape index (κ3) is 5.61. The van der Waals surface area contributed by atoms with Crippen molar-refractivity contribution in [2.45, 2.75) is 12.7 Å². The summed E-state index contributed by atoms with van der Waals surface area (Å²) in [5, 5.41) is 6.68. The molecule has 1 aliphatic rings. The fourth-order valence-electron chi connectivity index (χ4n) is 2.43. The summed E-state index contributed by atoms with van der Waals surface area (Å²) in [6.45, 7) is 2.18. The van der Waals surface area contributed by atoms with Crippen LogP contribution >= 0.6 is 24.0 Å². The fourth-order valence-corrected chi connectivity index (χ4v) is 2.64. The number of nitrogens with one attached hydrogen (secondary N) is 2. The molecule has 1 aliphatic heterocycles. The Kier molecular flexibility index (Phi) is 7.52. The van der Waals surface area contributed by atoms with Gasteiger partial charge < -0.3 is 20.1 Å². The highest BCUT2D eigenvalue weighted by Gasteiger charge is 2.22. The number of morpholine rings is 1. The van der Waals surface area contributed by atoms with Crippen molar-refractivity contribution in [3.8, 4) is 5.75 Å². The average Bonchev–Trinajstić information content (AvgIpc) is 2.62. The van der Waals surface area contributed by atoms with Crippen molar-refractivity contribution in [3.63, 3.8) is 0 Å². The van der Waals surface area contributed by atoms with Gasteiger partial charge in [-0.05, 0) is 29.8 Å². The average molecular weight is 383 g/mol. The minimum Gasteiger partial charge on any atom is -0.487 e. The predicted octanol–water partition coefficient (Wildman–Crippen LogP) is 3.27. The molecule has 25 heavy (non-hydrogen) atoms. The van der Waals surface area contributed by atoms with Crippen LogP contribution in [-0.4, -0.2) is 31.7 Å². The summed E-state index contributed by atoms with van der Waals surface area (Å²) in [5.74, 6) is 0.426. The molecule has 0 aromatic heterocycles. The summed E-state index contributed by atoms with van der Waals surface area (Å²) in [6.07, 6.45) is -0.486. The Bertz CT molecular complexity index is 706. The molecule has 0 saturated carbocycles. The van der Waals surface area contributed by atoms with E-state index in [0.29, 0.717) is 36.2 Å². The summed E-state index contributed by atoms with van der Waals surface area (Å²) >= 11 is 5.98. The molecule has 5 nitrogen and oxygen atoms in total. The maximum absolute atomic E-state index is 12.3. The Morgan fingerprint density at radius 1 is 1.28 bits per heavy atom. The van der Waals surface area contributed by atoms with Crippen LogP contribution in [0.3, 0.4) is 0 Å². The second-order valence-electron chi connectivity index (χ2n) is 5.47. The normalized spacial score (nSPS) is 16.6. The summed E-state index contributed by atoms with van der Waals surface area (Å²) in [6, 6.07) is 14.8. The van der Waals surface area contributed by atoms with Crippen LogP contribution in [0.4, 0.5) is 5.69 Å². The van der Waals surface area contributed by atoms with Gasteiger partial charge in [0.1, 0.15) is 18.5 Å². The van der Waals surface area contributed by atoms with Gasteiger partial charge in [0, 0.05) is 18.1 Å². The molecule has 1 atom stereocenters. The van der Waals surface area contributed by atoms with E-state index in [1.807, 2.05) is 48.5 Å². The van der Waals surface area contributed by atoms with E-state index in [4.69, 9.17) is 21.1 Å². The van der Waals surface area contributed by atoms with Crippen LogP contribution in [0.2, 0.25) is 5.02 Å². The number of para-hydroxylation sites is 2. The first-order chi connectivity index (χ1) is 11.7. The van der Waals surface area contributed by atoms with Crippen LogP contribution in [0.1, 0.15) is 5.56 Å². The molecule has 1 unspecified atom stereocenters. The quantitative estimate of drug-likeness (QED) is 0.832. The molecule has 1 amide bonds. The number of carbonyl (C=O) groups is 1. The van der Waals surface area contributed by atoms with Gasteiger partial charge in [-0.15, -0.1) is 12.4 Å².